The molecule has 0 bridgehead atoms. The molecule has 0 saturated heterocycles. The van der Waals surface area contributed by atoms with Crippen molar-refractivity contribution in [2.24, 2.45) is 11.5 Å². The fraction of sp³-hybridized carbons (Fsp3) is 0.800. The van der Waals surface area contributed by atoms with Crippen LogP contribution in [0.15, 0.2) is 4.52 Å². The van der Waals surface area contributed by atoms with E-state index in [1.165, 1.54) is 0 Å². The minimum absolute atomic E-state index is 0.506. The van der Waals surface area contributed by atoms with Gasteiger partial charge < -0.3 is 16.0 Å². The van der Waals surface area contributed by atoms with Crippen LogP contribution < -0.4 is 11.5 Å². The maximum absolute atomic E-state index is 5.87. The topological polar surface area (TPSA) is 91.0 Å². The summed E-state index contributed by atoms with van der Waals surface area (Å²) in [5.41, 5.74) is 10.8. The molecule has 0 aliphatic heterocycles. The van der Waals surface area contributed by atoms with Crippen LogP contribution in [0.2, 0.25) is 0 Å². The monoisotopic (exact) mass is 244 g/mol. The second-order valence-electron chi connectivity index (χ2n) is 4.43. The Morgan fingerprint density at radius 3 is 2.69 bits per heavy atom. The summed E-state index contributed by atoms with van der Waals surface area (Å²) in [7, 11) is 0. The Hall–Kier alpha value is -0.590. The maximum Gasteiger partial charge on any atom is 0.236 e. The van der Waals surface area contributed by atoms with Gasteiger partial charge >= 0.3 is 0 Å². The molecule has 92 valence electrons. The van der Waals surface area contributed by atoms with Crippen molar-refractivity contribution >= 4 is 11.8 Å². The molecule has 0 aromatic carbocycles. The summed E-state index contributed by atoms with van der Waals surface area (Å²) in [5, 5.41) is 4.37. The van der Waals surface area contributed by atoms with Crippen LogP contribution in [0.3, 0.4) is 0 Å². The minimum Gasteiger partial charge on any atom is -0.338 e. The van der Waals surface area contributed by atoms with Crippen LogP contribution in [0.25, 0.3) is 0 Å². The van der Waals surface area contributed by atoms with E-state index in [0.29, 0.717) is 29.3 Å². The Kier molecular flexibility index (Phi) is 4.76. The first-order valence-corrected chi connectivity index (χ1v) is 6.42. The molecule has 0 saturated carbocycles. The van der Waals surface area contributed by atoms with E-state index >= 15 is 0 Å². The van der Waals surface area contributed by atoms with E-state index in [4.69, 9.17) is 16.0 Å². The molecule has 0 aliphatic rings. The molecule has 1 atom stereocenters. The Morgan fingerprint density at radius 2 is 2.19 bits per heavy atom. The lowest BCUT2D eigenvalue weighted by molar-refractivity contribution is 0.369. The summed E-state index contributed by atoms with van der Waals surface area (Å²) >= 11 is 1.76. The van der Waals surface area contributed by atoms with Crippen LogP contribution in [0.1, 0.15) is 38.9 Å². The van der Waals surface area contributed by atoms with Gasteiger partial charge in [0, 0.05) is 5.25 Å². The largest absolute Gasteiger partial charge is 0.338 e. The van der Waals surface area contributed by atoms with Crippen molar-refractivity contribution < 1.29 is 4.52 Å². The molecule has 1 aromatic rings. The van der Waals surface area contributed by atoms with E-state index in [2.05, 4.69) is 17.1 Å². The van der Waals surface area contributed by atoms with Gasteiger partial charge in [-0.3, -0.25) is 0 Å². The Morgan fingerprint density at radius 1 is 1.50 bits per heavy atom. The molecule has 1 aromatic heterocycles. The smallest absolute Gasteiger partial charge is 0.236 e. The highest BCUT2D eigenvalue weighted by Gasteiger charge is 2.21. The van der Waals surface area contributed by atoms with Gasteiger partial charge in [-0.15, -0.1) is 11.8 Å². The second kappa shape index (κ2) is 5.65. The van der Waals surface area contributed by atoms with Crippen molar-refractivity contribution in [3.63, 3.8) is 0 Å². The molecule has 0 spiro atoms. The van der Waals surface area contributed by atoms with Crippen LogP contribution in [0, 0.1) is 0 Å². The predicted molar refractivity (Wildman–Crippen MR) is 65.9 cm³/mol. The van der Waals surface area contributed by atoms with Crippen molar-refractivity contribution in [1.82, 2.24) is 10.1 Å². The maximum atomic E-state index is 5.87. The van der Waals surface area contributed by atoms with E-state index in [-0.39, 0.29) is 0 Å². The first-order valence-electron chi connectivity index (χ1n) is 5.37. The zero-order chi connectivity index (χ0) is 12.2. The average molecular weight is 244 g/mol. The SMILES string of the molecule is CC(CCN)SCc1nc(C(C)(C)N)no1. The first kappa shape index (κ1) is 13.5. The molecule has 1 rings (SSSR count). The number of thioether (sulfide) groups is 1. The second-order valence-corrected chi connectivity index (χ2v) is 5.86. The van der Waals surface area contributed by atoms with Gasteiger partial charge in [0.25, 0.3) is 0 Å². The Balaban J connectivity index is 2.47. The average Bonchev–Trinajstić information content (AvgIpc) is 2.63. The standard InChI is InChI=1S/C10H20N4OS/c1-7(4-5-11)16-6-8-13-9(14-15-8)10(2,3)12/h7H,4-6,11-12H2,1-3H3. The molecule has 0 radical (unpaired) electrons. The molecule has 5 nitrogen and oxygen atoms in total. The number of hydrogen-bond donors (Lipinski definition) is 2. The third-order valence-electron chi connectivity index (χ3n) is 2.11. The van der Waals surface area contributed by atoms with Crippen molar-refractivity contribution in [3.8, 4) is 0 Å². The molecule has 16 heavy (non-hydrogen) atoms. The number of hydrogen-bond acceptors (Lipinski definition) is 6. The van der Waals surface area contributed by atoms with Crippen molar-refractivity contribution in [1.29, 1.82) is 0 Å². The molecule has 6 heteroatoms. The van der Waals surface area contributed by atoms with Gasteiger partial charge in [-0.2, -0.15) is 4.98 Å². The Bertz CT molecular complexity index is 321. The number of aromatic nitrogens is 2. The van der Waals surface area contributed by atoms with Crippen LogP contribution in [0.4, 0.5) is 0 Å². The summed E-state index contributed by atoms with van der Waals surface area (Å²) in [6, 6.07) is 0. The highest BCUT2D eigenvalue weighted by Crippen LogP contribution is 2.20. The van der Waals surface area contributed by atoms with E-state index in [9.17, 15) is 0 Å². The molecule has 0 fully saturated rings. The van der Waals surface area contributed by atoms with E-state index in [1.54, 1.807) is 11.8 Å². The third-order valence-corrected chi connectivity index (χ3v) is 3.33. The number of rotatable bonds is 6. The van der Waals surface area contributed by atoms with Crippen LogP contribution >= 0.6 is 11.8 Å². The molecule has 0 amide bonds. The molecular weight excluding hydrogens is 224 g/mol. The fourth-order valence-corrected chi connectivity index (χ4v) is 1.95. The van der Waals surface area contributed by atoms with Crippen LogP contribution in [0.5, 0.6) is 0 Å². The summed E-state index contributed by atoms with van der Waals surface area (Å²) in [6.07, 6.45) is 0.994. The summed E-state index contributed by atoms with van der Waals surface area (Å²) in [4.78, 5) is 4.26. The highest BCUT2D eigenvalue weighted by molar-refractivity contribution is 7.99. The normalized spacial score (nSPS) is 14.1. The summed E-state index contributed by atoms with van der Waals surface area (Å²) in [5.74, 6) is 1.89. The van der Waals surface area contributed by atoms with Gasteiger partial charge in [0.1, 0.15) is 0 Å². The zero-order valence-corrected chi connectivity index (χ0v) is 10.9. The van der Waals surface area contributed by atoms with Crippen LogP contribution in [-0.4, -0.2) is 21.9 Å². The van der Waals surface area contributed by atoms with Gasteiger partial charge in [-0.25, -0.2) is 0 Å². The van der Waals surface area contributed by atoms with Crippen LogP contribution in [-0.2, 0) is 11.3 Å². The third kappa shape index (κ3) is 4.11. The first-order chi connectivity index (χ1) is 7.43. The van der Waals surface area contributed by atoms with Gasteiger partial charge in [-0.1, -0.05) is 12.1 Å². The lowest BCUT2D eigenvalue weighted by Gasteiger charge is -2.11. The summed E-state index contributed by atoms with van der Waals surface area (Å²) < 4.78 is 5.13. The molecule has 1 heterocycles. The van der Waals surface area contributed by atoms with E-state index in [1.807, 2.05) is 13.8 Å². The number of nitrogens with two attached hydrogens (primary N) is 2. The quantitative estimate of drug-likeness (QED) is 0.782. The van der Waals surface area contributed by atoms with Crippen molar-refractivity contribution in [3.05, 3.63) is 11.7 Å². The molecule has 4 N–H and O–H groups in total. The molecular formula is C10H20N4OS. The zero-order valence-electron chi connectivity index (χ0n) is 10.1. The molecule has 0 aliphatic carbocycles. The van der Waals surface area contributed by atoms with Gasteiger partial charge in [0.15, 0.2) is 5.82 Å². The van der Waals surface area contributed by atoms with Gasteiger partial charge in [0.05, 0.1) is 11.3 Å². The fourth-order valence-electron chi connectivity index (χ4n) is 1.11. The molecule has 1 unspecified atom stereocenters. The minimum atomic E-state index is -0.546. The van der Waals surface area contributed by atoms with Crippen molar-refractivity contribution in [2.75, 3.05) is 6.54 Å². The van der Waals surface area contributed by atoms with E-state index in [0.717, 1.165) is 6.42 Å². The van der Waals surface area contributed by atoms with E-state index < -0.39 is 5.54 Å². The lowest BCUT2D eigenvalue weighted by atomic mass is 10.1. The Labute approximate surface area is 100 Å². The summed E-state index contributed by atoms with van der Waals surface area (Å²) in [6.45, 7) is 6.55. The lowest BCUT2D eigenvalue weighted by Crippen LogP contribution is -2.30. The van der Waals surface area contributed by atoms with Gasteiger partial charge in [0.2, 0.25) is 5.89 Å². The number of nitrogens with zero attached hydrogens (tertiary/aromatic N) is 2. The van der Waals surface area contributed by atoms with Crippen molar-refractivity contribution in [2.45, 2.75) is 43.7 Å². The van der Waals surface area contributed by atoms with Gasteiger partial charge in [-0.05, 0) is 26.8 Å². The highest BCUT2D eigenvalue weighted by atomic mass is 32.2. The predicted octanol–water partition coefficient (Wildman–Crippen LogP) is 1.23.